The number of hydrogen-bond acceptors (Lipinski definition) is 2. The van der Waals surface area contributed by atoms with Gasteiger partial charge in [-0.1, -0.05) is 46.3 Å². The predicted molar refractivity (Wildman–Crippen MR) is 92.8 cm³/mol. The minimum atomic E-state index is 0.565. The van der Waals surface area contributed by atoms with Crippen molar-refractivity contribution in [2.24, 2.45) is 0 Å². The summed E-state index contributed by atoms with van der Waals surface area (Å²) in [5.41, 5.74) is 2.59. The van der Waals surface area contributed by atoms with E-state index in [9.17, 15) is 0 Å². The standard InChI is InChI=1S/C17H17Br2NO/c1-21-17-12(7-13(18)8-15(17)19)10-20-16-9-14(16)11-5-3-2-4-6-11/h2-8,14,16,20H,9-10H2,1H3. The number of hydrogen-bond donors (Lipinski definition) is 1. The molecule has 0 heterocycles. The molecule has 0 saturated heterocycles. The minimum absolute atomic E-state index is 0.565. The number of ether oxygens (including phenoxy) is 1. The largest absolute Gasteiger partial charge is 0.495 e. The molecule has 3 rings (SSSR count). The maximum Gasteiger partial charge on any atom is 0.137 e. The van der Waals surface area contributed by atoms with Crippen LogP contribution in [0.4, 0.5) is 0 Å². The van der Waals surface area contributed by atoms with Gasteiger partial charge in [0.05, 0.1) is 11.6 Å². The molecule has 0 radical (unpaired) electrons. The number of benzene rings is 2. The Bertz CT molecular complexity index is 630. The normalized spacial score (nSPS) is 20.3. The zero-order valence-electron chi connectivity index (χ0n) is 11.8. The third-order valence-corrected chi connectivity index (χ3v) is 4.91. The monoisotopic (exact) mass is 409 g/mol. The molecule has 0 aliphatic heterocycles. The molecule has 21 heavy (non-hydrogen) atoms. The molecular formula is C17H17Br2NO. The Morgan fingerprint density at radius 3 is 2.67 bits per heavy atom. The molecular weight excluding hydrogens is 394 g/mol. The van der Waals surface area contributed by atoms with E-state index >= 15 is 0 Å². The lowest BCUT2D eigenvalue weighted by molar-refractivity contribution is 0.404. The first kappa shape index (κ1) is 15.1. The summed E-state index contributed by atoms with van der Waals surface area (Å²) in [7, 11) is 1.71. The van der Waals surface area contributed by atoms with Crippen molar-refractivity contribution < 1.29 is 4.74 Å². The molecule has 110 valence electrons. The van der Waals surface area contributed by atoms with E-state index in [0.717, 1.165) is 26.8 Å². The van der Waals surface area contributed by atoms with Gasteiger partial charge < -0.3 is 10.1 Å². The highest BCUT2D eigenvalue weighted by Crippen LogP contribution is 2.41. The Hall–Kier alpha value is -0.840. The van der Waals surface area contributed by atoms with Gasteiger partial charge in [-0.25, -0.2) is 0 Å². The maximum absolute atomic E-state index is 5.49. The number of rotatable bonds is 5. The van der Waals surface area contributed by atoms with Crippen LogP contribution in [-0.2, 0) is 6.54 Å². The number of halogens is 2. The topological polar surface area (TPSA) is 21.3 Å². The SMILES string of the molecule is COc1c(Br)cc(Br)cc1CNC1CC1c1ccccc1. The Balaban J connectivity index is 1.65. The summed E-state index contributed by atoms with van der Waals surface area (Å²) >= 11 is 7.08. The first-order valence-corrected chi connectivity index (χ1v) is 8.58. The molecule has 2 nitrogen and oxygen atoms in total. The first-order valence-electron chi connectivity index (χ1n) is 6.99. The van der Waals surface area contributed by atoms with Crippen molar-refractivity contribution in [3.05, 3.63) is 62.5 Å². The molecule has 2 aromatic rings. The predicted octanol–water partition coefficient (Wildman–Crippen LogP) is 4.87. The molecule has 1 N–H and O–H groups in total. The lowest BCUT2D eigenvalue weighted by Crippen LogP contribution is -2.17. The van der Waals surface area contributed by atoms with E-state index in [1.807, 2.05) is 6.07 Å². The molecule has 1 saturated carbocycles. The third kappa shape index (κ3) is 3.50. The molecule has 2 atom stereocenters. The van der Waals surface area contributed by atoms with Crippen LogP contribution in [-0.4, -0.2) is 13.2 Å². The van der Waals surface area contributed by atoms with E-state index in [-0.39, 0.29) is 0 Å². The van der Waals surface area contributed by atoms with Gasteiger partial charge in [0.2, 0.25) is 0 Å². The Labute approximate surface area is 142 Å². The Morgan fingerprint density at radius 1 is 1.19 bits per heavy atom. The van der Waals surface area contributed by atoms with Crippen LogP contribution in [0.15, 0.2) is 51.4 Å². The molecule has 2 aromatic carbocycles. The fourth-order valence-electron chi connectivity index (χ4n) is 2.70. The highest BCUT2D eigenvalue weighted by Gasteiger charge is 2.37. The Kier molecular flexibility index (Phi) is 4.67. The van der Waals surface area contributed by atoms with E-state index in [2.05, 4.69) is 73.6 Å². The van der Waals surface area contributed by atoms with Crippen molar-refractivity contribution in [1.82, 2.24) is 5.32 Å². The lowest BCUT2D eigenvalue weighted by Gasteiger charge is -2.12. The fraction of sp³-hybridized carbons (Fsp3) is 0.294. The van der Waals surface area contributed by atoms with Gasteiger partial charge in [0.15, 0.2) is 0 Å². The second-order valence-corrected chi connectivity index (χ2v) is 7.09. The summed E-state index contributed by atoms with van der Waals surface area (Å²) in [5, 5.41) is 3.63. The van der Waals surface area contributed by atoms with Crippen molar-refractivity contribution in [2.45, 2.75) is 24.9 Å². The van der Waals surface area contributed by atoms with E-state index in [1.54, 1.807) is 7.11 Å². The van der Waals surface area contributed by atoms with Crippen LogP contribution >= 0.6 is 31.9 Å². The molecule has 0 spiro atoms. The molecule has 0 aromatic heterocycles. The van der Waals surface area contributed by atoms with Crippen molar-refractivity contribution in [2.75, 3.05) is 7.11 Å². The molecule has 2 unspecified atom stereocenters. The molecule has 0 bridgehead atoms. The zero-order valence-corrected chi connectivity index (χ0v) is 14.9. The minimum Gasteiger partial charge on any atom is -0.495 e. The van der Waals surface area contributed by atoms with E-state index in [0.29, 0.717) is 12.0 Å². The van der Waals surface area contributed by atoms with Gasteiger partial charge >= 0.3 is 0 Å². The summed E-state index contributed by atoms with van der Waals surface area (Å²) in [6.45, 7) is 0.815. The first-order chi connectivity index (χ1) is 10.2. The van der Waals surface area contributed by atoms with E-state index in [4.69, 9.17) is 4.74 Å². The van der Waals surface area contributed by atoms with Gasteiger partial charge in [-0.2, -0.15) is 0 Å². The second kappa shape index (κ2) is 6.51. The van der Waals surface area contributed by atoms with Crippen LogP contribution in [0.3, 0.4) is 0 Å². The van der Waals surface area contributed by atoms with Crippen molar-refractivity contribution in [1.29, 1.82) is 0 Å². The molecule has 1 fully saturated rings. The van der Waals surface area contributed by atoms with Crippen LogP contribution in [0.2, 0.25) is 0 Å². The van der Waals surface area contributed by atoms with Gasteiger partial charge in [-0.05, 0) is 40.0 Å². The van der Waals surface area contributed by atoms with Gasteiger partial charge in [0.25, 0.3) is 0 Å². The number of methoxy groups -OCH3 is 1. The molecule has 1 aliphatic carbocycles. The summed E-state index contributed by atoms with van der Waals surface area (Å²) in [6.07, 6.45) is 1.21. The summed E-state index contributed by atoms with van der Waals surface area (Å²) in [4.78, 5) is 0. The van der Waals surface area contributed by atoms with Crippen molar-refractivity contribution in [3.63, 3.8) is 0 Å². The van der Waals surface area contributed by atoms with E-state index in [1.165, 1.54) is 12.0 Å². The average molecular weight is 411 g/mol. The third-order valence-electron chi connectivity index (χ3n) is 3.86. The summed E-state index contributed by atoms with van der Waals surface area (Å²) in [5.74, 6) is 1.55. The smallest absolute Gasteiger partial charge is 0.137 e. The molecule has 4 heteroatoms. The highest BCUT2D eigenvalue weighted by molar-refractivity contribution is 9.11. The average Bonchev–Trinajstić information content (AvgIpc) is 3.25. The van der Waals surface area contributed by atoms with Crippen LogP contribution in [0, 0.1) is 0 Å². The summed E-state index contributed by atoms with van der Waals surface area (Å²) in [6, 6.07) is 15.4. The lowest BCUT2D eigenvalue weighted by atomic mass is 10.1. The zero-order chi connectivity index (χ0) is 14.8. The van der Waals surface area contributed by atoms with Crippen LogP contribution in [0.25, 0.3) is 0 Å². The highest BCUT2D eigenvalue weighted by atomic mass is 79.9. The van der Waals surface area contributed by atoms with Crippen LogP contribution in [0.5, 0.6) is 5.75 Å². The van der Waals surface area contributed by atoms with Gasteiger partial charge in [-0.15, -0.1) is 0 Å². The van der Waals surface area contributed by atoms with Crippen molar-refractivity contribution in [3.8, 4) is 5.75 Å². The van der Waals surface area contributed by atoms with Gasteiger partial charge in [0, 0.05) is 28.5 Å². The molecule has 0 amide bonds. The van der Waals surface area contributed by atoms with Gasteiger partial charge in [0.1, 0.15) is 5.75 Å². The number of nitrogens with one attached hydrogen (secondary N) is 1. The van der Waals surface area contributed by atoms with Crippen LogP contribution < -0.4 is 10.1 Å². The fourth-order valence-corrected chi connectivity index (χ4v) is 4.18. The van der Waals surface area contributed by atoms with Crippen LogP contribution in [0.1, 0.15) is 23.5 Å². The van der Waals surface area contributed by atoms with Gasteiger partial charge in [-0.3, -0.25) is 0 Å². The van der Waals surface area contributed by atoms with E-state index < -0.39 is 0 Å². The summed E-state index contributed by atoms with van der Waals surface area (Å²) < 4.78 is 7.52. The maximum atomic E-state index is 5.49. The quantitative estimate of drug-likeness (QED) is 0.759. The van der Waals surface area contributed by atoms with Crippen molar-refractivity contribution >= 4 is 31.9 Å². The Morgan fingerprint density at radius 2 is 1.95 bits per heavy atom. The molecule has 1 aliphatic rings. The second-order valence-electron chi connectivity index (χ2n) is 5.32.